The first-order valence-corrected chi connectivity index (χ1v) is 9.46. The molecule has 1 aliphatic carbocycles. The third-order valence-electron chi connectivity index (χ3n) is 4.86. The molecule has 27 heavy (non-hydrogen) atoms. The smallest absolute Gasteiger partial charge is 0.251 e. The molecule has 0 aliphatic heterocycles. The summed E-state index contributed by atoms with van der Waals surface area (Å²) in [5, 5.41) is 6.47. The van der Waals surface area contributed by atoms with E-state index < -0.39 is 5.82 Å². The molecule has 2 aromatic rings. The summed E-state index contributed by atoms with van der Waals surface area (Å²) in [5.74, 6) is 0.134. The van der Waals surface area contributed by atoms with E-state index in [2.05, 4.69) is 15.6 Å². The van der Waals surface area contributed by atoms with Gasteiger partial charge >= 0.3 is 0 Å². The quantitative estimate of drug-likeness (QED) is 0.807. The zero-order valence-corrected chi connectivity index (χ0v) is 16.3. The van der Waals surface area contributed by atoms with Gasteiger partial charge in [0.1, 0.15) is 11.6 Å². The van der Waals surface area contributed by atoms with Gasteiger partial charge in [0.15, 0.2) is 0 Å². The first-order chi connectivity index (χ1) is 12.9. The number of rotatable bonds is 5. The van der Waals surface area contributed by atoms with E-state index in [-0.39, 0.29) is 17.0 Å². The molecule has 0 saturated heterocycles. The molecule has 0 bridgehead atoms. The monoisotopic (exact) mass is 390 g/mol. The second-order valence-corrected chi connectivity index (χ2v) is 7.50. The first kappa shape index (κ1) is 19.4. The molecule has 7 heteroatoms. The Labute approximate surface area is 163 Å². The molecular formula is C20H24ClFN4O. The van der Waals surface area contributed by atoms with Crippen LogP contribution in [0.1, 0.15) is 36.0 Å². The molecule has 5 nitrogen and oxygen atoms in total. The Morgan fingerprint density at radius 3 is 2.52 bits per heavy atom. The summed E-state index contributed by atoms with van der Waals surface area (Å²) in [6.07, 6.45) is 5.46. The van der Waals surface area contributed by atoms with Crippen LogP contribution in [-0.2, 0) is 0 Å². The van der Waals surface area contributed by atoms with Crippen LogP contribution in [-0.4, -0.2) is 37.1 Å². The van der Waals surface area contributed by atoms with Crippen LogP contribution in [0.25, 0.3) is 0 Å². The number of pyridine rings is 1. The van der Waals surface area contributed by atoms with Crippen molar-refractivity contribution in [2.75, 3.05) is 24.3 Å². The standard InChI is InChI=1S/C20H24ClFN4O/c1-26(2)16-9-10-23-19(12-16)24-14-4-6-15(7-5-14)25-20(27)13-3-8-18(22)17(21)11-13/h3,8-12,14-15H,4-7H2,1-2H3,(H,23,24)(H,25,27)/t14-,15+. The number of halogens is 2. The predicted octanol–water partition coefficient (Wildman–Crippen LogP) is 4.09. The molecule has 1 amide bonds. The van der Waals surface area contributed by atoms with Crippen molar-refractivity contribution in [2.45, 2.75) is 37.8 Å². The fourth-order valence-corrected chi connectivity index (χ4v) is 3.45. The lowest BCUT2D eigenvalue weighted by Gasteiger charge is -2.30. The highest BCUT2D eigenvalue weighted by molar-refractivity contribution is 6.31. The molecule has 144 valence electrons. The van der Waals surface area contributed by atoms with E-state index >= 15 is 0 Å². The molecule has 0 unspecified atom stereocenters. The van der Waals surface area contributed by atoms with Gasteiger partial charge in [-0.2, -0.15) is 0 Å². The summed E-state index contributed by atoms with van der Waals surface area (Å²) >= 11 is 5.76. The summed E-state index contributed by atoms with van der Waals surface area (Å²) in [5.41, 5.74) is 1.48. The lowest BCUT2D eigenvalue weighted by molar-refractivity contribution is 0.0926. The molecule has 3 rings (SSSR count). The van der Waals surface area contributed by atoms with Crippen LogP contribution in [0.3, 0.4) is 0 Å². The zero-order valence-electron chi connectivity index (χ0n) is 15.5. The average molecular weight is 391 g/mol. The third kappa shape index (κ3) is 5.10. The van der Waals surface area contributed by atoms with Crippen molar-refractivity contribution in [1.29, 1.82) is 0 Å². The molecule has 0 radical (unpaired) electrons. The van der Waals surface area contributed by atoms with E-state index in [0.29, 0.717) is 11.6 Å². The van der Waals surface area contributed by atoms with Crippen molar-refractivity contribution in [3.05, 3.63) is 52.9 Å². The Balaban J connectivity index is 1.50. The minimum absolute atomic E-state index is 0.0389. The van der Waals surface area contributed by atoms with Gasteiger partial charge in [-0.05, 0) is 49.9 Å². The maximum absolute atomic E-state index is 13.2. The highest BCUT2D eigenvalue weighted by atomic mass is 35.5. The number of anilines is 2. The third-order valence-corrected chi connectivity index (χ3v) is 5.15. The van der Waals surface area contributed by atoms with Gasteiger partial charge in [0, 0.05) is 49.7 Å². The number of hydrogen-bond acceptors (Lipinski definition) is 4. The number of nitrogens with zero attached hydrogens (tertiary/aromatic N) is 2. The van der Waals surface area contributed by atoms with Crippen LogP contribution in [0.4, 0.5) is 15.9 Å². The van der Waals surface area contributed by atoms with E-state index in [1.165, 1.54) is 18.2 Å². The SMILES string of the molecule is CN(C)c1ccnc(N[C@H]2CC[C@@H](NC(=O)c3ccc(F)c(Cl)c3)CC2)c1. The lowest BCUT2D eigenvalue weighted by Crippen LogP contribution is -2.40. The highest BCUT2D eigenvalue weighted by Crippen LogP contribution is 2.24. The van der Waals surface area contributed by atoms with Gasteiger partial charge in [-0.3, -0.25) is 4.79 Å². The predicted molar refractivity (Wildman–Crippen MR) is 107 cm³/mol. The Morgan fingerprint density at radius 1 is 1.15 bits per heavy atom. The number of carbonyl (C=O) groups excluding carboxylic acids is 1. The van der Waals surface area contributed by atoms with Gasteiger partial charge in [-0.15, -0.1) is 0 Å². The molecule has 1 saturated carbocycles. The van der Waals surface area contributed by atoms with Crippen LogP contribution < -0.4 is 15.5 Å². The summed E-state index contributed by atoms with van der Waals surface area (Å²) < 4.78 is 13.2. The minimum Gasteiger partial charge on any atom is -0.378 e. The van der Waals surface area contributed by atoms with E-state index in [9.17, 15) is 9.18 Å². The number of hydrogen-bond donors (Lipinski definition) is 2. The molecule has 1 heterocycles. The van der Waals surface area contributed by atoms with Gasteiger partial charge in [-0.1, -0.05) is 11.6 Å². The summed E-state index contributed by atoms with van der Waals surface area (Å²) in [4.78, 5) is 18.8. The lowest BCUT2D eigenvalue weighted by atomic mass is 9.91. The van der Waals surface area contributed by atoms with Crippen molar-refractivity contribution < 1.29 is 9.18 Å². The van der Waals surface area contributed by atoms with Crippen LogP contribution in [0, 0.1) is 5.82 Å². The molecule has 2 N–H and O–H groups in total. The van der Waals surface area contributed by atoms with Crippen LogP contribution in [0.15, 0.2) is 36.5 Å². The van der Waals surface area contributed by atoms with Gasteiger partial charge < -0.3 is 15.5 Å². The van der Waals surface area contributed by atoms with E-state index in [1.807, 2.05) is 31.1 Å². The van der Waals surface area contributed by atoms with Crippen LogP contribution in [0.5, 0.6) is 0 Å². The fourth-order valence-electron chi connectivity index (χ4n) is 3.27. The molecule has 1 aromatic carbocycles. The number of amides is 1. The van der Waals surface area contributed by atoms with E-state index in [0.717, 1.165) is 37.2 Å². The maximum Gasteiger partial charge on any atom is 0.251 e. The summed E-state index contributed by atoms with van der Waals surface area (Å²) in [6.45, 7) is 0. The largest absolute Gasteiger partial charge is 0.378 e. The van der Waals surface area contributed by atoms with Crippen molar-refractivity contribution in [2.24, 2.45) is 0 Å². The Morgan fingerprint density at radius 2 is 1.85 bits per heavy atom. The van der Waals surface area contributed by atoms with Crippen molar-refractivity contribution in [1.82, 2.24) is 10.3 Å². The molecule has 0 spiro atoms. The van der Waals surface area contributed by atoms with Gasteiger partial charge in [-0.25, -0.2) is 9.37 Å². The molecule has 0 atom stereocenters. The topological polar surface area (TPSA) is 57.3 Å². The van der Waals surface area contributed by atoms with Gasteiger partial charge in [0.25, 0.3) is 5.91 Å². The Bertz CT molecular complexity index is 806. The maximum atomic E-state index is 13.2. The van der Waals surface area contributed by atoms with Crippen molar-refractivity contribution in [3.63, 3.8) is 0 Å². The molecule has 1 fully saturated rings. The first-order valence-electron chi connectivity index (χ1n) is 9.08. The van der Waals surface area contributed by atoms with E-state index in [4.69, 9.17) is 11.6 Å². The normalized spacial score (nSPS) is 19.4. The fraction of sp³-hybridized carbons (Fsp3) is 0.400. The highest BCUT2D eigenvalue weighted by Gasteiger charge is 2.23. The second kappa shape index (κ2) is 8.57. The van der Waals surface area contributed by atoms with Crippen molar-refractivity contribution >= 4 is 29.0 Å². The van der Waals surface area contributed by atoms with Crippen LogP contribution in [0.2, 0.25) is 5.02 Å². The molecule has 1 aromatic heterocycles. The van der Waals surface area contributed by atoms with E-state index in [1.54, 1.807) is 6.20 Å². The summed E-state index contributed by atoms with van der Waals surface area (Å²) in [6, 6.07) is 8.48. The van der Waals surface area contributed by atoms with Gasteiger partial charge in [0.05, 0.1) is 5.02 Å². The minimum atomic E-state index is -0.522. The Hall–Kier alpha value is -2.34. The average Bonchev–Trinajstić information content (AvgIpc) is 2.65. The number of carbonyl (C=O) groups is 1. The second-order valence-electron chi connectivity index (χ2n) is 7.09. The van der Waals surface area contributed by atoms with Crippen molar-refractivity contribution in [3.8, 4) is 0 Å². The molecular weight excluding hydrogens is 367 g/mol. The summed E-state index contributed by atoms with van der Waals surface area (Å²) in [7, 11) is 4.00. The zero-order chi connectivity index (χ0) is 19.4. The number of benzene rings is 1. The molecule has 1 aliphatic rings. The van der Waals surface area contributed by atoms with Crippen LogP contribution >= 0.6 is 11.6 Å². The number of aromatic nitrogens is 1. The Kier molecular flexibility index (Phi) is 6.16. The number of nitrogens with one attached hydrogen (secondary N) is 2. The van der Waals surface area contributed by atoms with Gasteiger partial charge in [0.2, 0.25) is 0 Å².